The minimum Gasteiger partial charge on any atom is -0.484 e. The van der Waals surface area contributed by atoms with Gasteiger partial charge in [0.2, 0.25) is 0 Å². The van der Waals surface area contributed by atoms with Crippen LogP contribution in [0.4, 0.5) is 20.6 Å². The van der Waals surface area contributed by atoms with Crippen molar-refractivity contribution in [1.82, 2.24) is 5.32 Å². The van der Waals surface area contributed by atoms with Crippen molar-refractivity contribution < 1.29 is 28.3 Å². The van der Waals surface area contributed by atoms with Crippen molar-refractivity contribution in [3.8, 4) is 5.75 Å². The second-order valence-corrected chi connectivity index (χ2v) is 7.78. The number of rotatable bonds is 6. The van der Waals surface area contributed by atoms with Gasteiger partial charge in [-0.25, -0.2) is 14.1 Å². The first kappa shape index (κ1) is 23.7. The second-order valence-electron chi connectivity index (χ2n) is 7.35. The topological polar surface area (TPSA) is 105 Å². The number of urea groups is 1. The third-order valence-corrected chi connectivity index (χ3v) is 5.13. The minimum absolute atomic E-state index is 0.230. The summed E-state index contributed by atoms with van der Waals surface area (Å²) < 4.78 is 18.4. The van der Waals surface area contributed by atoms with E-state index in [2.05, 4.69) is 10.6 Å². The number of nitrogens with zero attached hydrogens (tertiary/aromatic N) is 1. The smallest absolute Gasteiger partial charge is 0.335 e. The summed E-state index contributed by atoms with van der Waals surface area (Å²) in [5, 5.41) is 5.15. The van der Waals surface area contributed by atoms with Crippen molar-refractivity contribution in [3.63, 3.8) is 0 Å². The fourth-order valence-corrected chi connectivity index (χ4v) is 3.31. The van der Waals surface area contributed by atoms with Crippen LogP contribution in [0.3, 0.4) is 0 Å². The lowest BCUT2D eigenvalue weighted by atomic mass is 10.1. The molecule has 3 aromatic rings. The predicted octanol–water partition coefficient (Wildman–Crippen LogP) is 4.16. The Bertz CT molecular complexity index is 1320. The minimum atomic E-state index is -0.859. The van der Waals surface area contributed by atoms with Gasteiger partial charge in [-0.2, -0.15) is 0 Å². The van der Waals surface area contributed by atoms with Crippen LogP contribution in [0.2, 0.25) is 5.02 Å². The van der Waals surface area contributed by atoms with Gasteiger partial charge in [0.25, 0.3) is 17.7 Å². The molecule has 3 aromatic carbocycles. The van der Waals surface area contributed by atoms with Gasteiger partial charge >= 0.3 is 6.03 Å². The summed E-state index contributed by atoms with van der Waals surface area (Å²) in [6.45, 7) is -0.281. The summed E-state index contributed by atoms with van der Waals surface area (Å²) in [6, 6.07) is 16.8. The molecule has 10 heteroatoms. The van der Waals surface area contributed by atoms with Crippen LogP contribution < -0.4 is 20.3 Å². The van der Waals surface area contributed by atoms with Crippen molar-refractivity contribution >= 4 is 52.8 Å². The van der Waals surface area contributed by atoms with Crippen LogP contribution in [0.25, 0.3) is 6.08 Å². The number of benzene rings is 3. The first-order valence-electron chi connectivity index (χ1n) is 10.3. The average Bonchev–Trinajstić information content (AvgIpc) is 2.84. The zero-order valence-corrected chi connectivity index (χ0v) is 18.7. The van der Waals surface area contributed by atoms with Crippen molar-refractivity contribution in [3.05, 3.63) is 94.8 Å². The summed E-state index contributed by atoms with van der Waals surface area (Å²) in [6.07, 6.45) is 1.35. The van der Waals surface area contributed by atoms with Crippen molar-refractivity contribution in [2.75, 3.05) is 16.8 Å². The molecular weight excluding hydrogens is 477 g/mol. The van der Waals surface area contributed by atoms with Gasteiger partial charge in [-0.3, -0.25) is 19.7 Å². The van der Waals surface area contributed by atoms with E-state index in [0.717, 1.165) is 4.90 Å². The molecule has 4 rings (SSSR count). The van der Waals surface area contributed by atoms with Crippen LogP contribution in [0.15, 0.2) is 78.4 Å². The van der Waals surface area contributed by atoms with E-state index >= 15 is 0 Å². The Balaban J connectivity index is 1.42. The van der Waals surface area contributed by atoms with Crippen LogP contribution in [0.1, 0.15) is 5.56 Å². The number of nitrogens with one attached hydrogen (secondary N) is 2. The summed E-state index contributed by atoms with van der Waals surface area (Å²) in [7, 11) is 0. The van der Waals surface area contributed by atoms with Gasteiger partial charge in [-0.1, -0.05) is 23.7 Å². The van der Waals surface area contributed by atoms with Crippen molar-refractivity contribution in [2.24, 2.45) is 0 Å². The number of carbonyl (C=O) groups is 4. The molecule has 0 spiro atoms. The Morgan fingerprint density at radius 1 is 0.971 bits per heavy atom. The molecule has 0 aromatic heterocycles. The summed E-state index contributed by atoms with van der Waals surface area (Å²) in [5.41, 5.74) is 0.963. The quantitative estimate of drug-likeness (QED) is 0.396. The van der Waals surface area contributed by atoms with Gasteiger partial charge < -0.3 is 10.1 Å². The van der Waals surface area contributed by atoms with Crippen LogP contribution in [-0.4, -0.2) is 30.4 Å². The Morgan fingerprint density at radius 2 is 1.63 bits per heavy atom. The van der Waals surface area contributed by atoms with Crippen molar-refractivity contribution in [2.45, 2.75) is 0 Å². The van der Waals surface area contributed by atoms with Gasteiger partial charge in [-0.05, 0) is 72.3 Å². The molecule has 1 aliphatic heterocycles. The third kappa shape index (κ3) is 5.71. The van der Waals surface area contributed by atoms with Gasteiger partial charge in [0.1, 0.15) is 17.1 Å². The maximum atomic E-state index is 12.9. The largest absolute Gasteiger partial charge is 0.484 e. The Morgan fingerprint density at radius 3 is 2.29 bits per heavy atom. The molecule has 0 unspecified atom stereocenters. The first-order valence-corrected chi connectivity index (χ1v) is 10.6. The predicted molar refractivity (Wildman–Crippen MR) is 127 cm³/mol. The number of anilines is 2. The number of halogens is 2. The number of imide groups is 2. The molecule has 5 amide bonds. The van der Waals surface area contributed by atoms with Crippen LogP contribution >= 0.6 is 11.6 Å². The van der Waals surface area contributed by atoms with Crippen LogP contribution in [0, 0.1) is 5.82 Å². The van der Waals surface area contributed by atoms with E-state index in [4.69, 9.17) is 16.3 Å². The fourth-order valence-electron chi connectivity index (χ4n) is 3.19. The van der Waals surface area contributed by atoms with E-state index in [1.165, 1.54) is 54.6 Å². The third-order valence-electron chi connectivity index (χ3n) is 4.88. The molecular formula is C25H17ClFN3O5. The number of hydrogen-bond donors (Lipinski definition) is 2. The highest BCUT2D eigenvalue weighted by molar-refractivity contribution is 6.39. The van der Waals surface area contributed by atoms with Crippen LogP contribution in [-0.2, 0) is 14.4 Å². The first-order chi connectivity index (χ1) is 16.8. The molecule has 2 N–H and O–H groups in total. The molecule has 0 radical (unpaired) electrons. The standard InChI is InChI=1S/C25H17ClFN3O5/c26-16-3-9-19(10-4-16)30-24(33)21(23(32)29-25(30)34)13-15-1-11-20(12-2-15)35-14-22(31)28-18-7-5-17(27)6-8-18/h1-13H,14H2,(H,28,31)(H,29,32,34)/b21-13+. The number of carbonyl (C=O) groups excluding carboxylic acids is 4. The molecule has 8 nitrogen and oxygen atoms in total. The lowest BCUT2D eigenvalue weighted by Crippen LogP contribution is -2.54. The maximum absolute atomic E-state index is 12.9. The number of ether oxygens (including phenoxy) is 1. The lowest BCUT2D eigenvalue weighted by molar-refractivity contribution is -0.122. The van der Waals surface area contributed by atoms with E-state index in [-0.39, 0.29) is 17.9 Å². The normalized spacial score (nSPS) is 14.6. The molecule has 1 aliphatic rings. The molecule has 176 valence electrons. The summed E-state index contributed by atoms with van der Waals surface area (Å²) >= 11 is 5.86. The Kier molecular flexibility index (Phi) is 6.88. The number of hydrogen-bond acceptors (Lipinski definition) is 5. The zero-order valence-electron chi connectivity index (χ0n) is 18.0. The van der Waals surface area contributed by atoms with Gasteiger partial charge in [0, 0.05) is 10.7 Å². The SMILES string of the molecule is O=C(COc1ccc(/C=C2\C(=O)NC(=O)N(c3ccc(Cl)cc3)C2=O)cc1)Nc1ccc(F)cc1. The molecule has 0 saturated carbocycles. The maximum Gasteiger partial charge on any atom is 0.335 e. The zero-order chi connectivity index (χ0) is 24.9. The molecule has 1 heterocycles. The lowest BCUT2D eigenvalue weighted by Gasteiger charge is -2.26. The van der Waals surface area contributed by atoms with E-state index < -0.39 is 29.6 Å². The van der Waals surface area contributed by atoms with Crippen LogP contribution in [0.5, 0.6) is 5.75 Å². The van der Waals surface area contributed by atoms with E-state index in [1.807, 2.05) is 0 Å². The molecule has 1 saturated heterocycles. The average molecular weight is 494 g/mol. The highest BCUT2D eigenvalue weighted by Gasteiger charge is 2.36. The molecule has 0 atom stereocenters. The molecule has 0 bridgehead atoms. The monoisotopic (exact) mass is 493 g/mol. The fraction of sp³-hybridized carbons (Fsp3) is 0.0400. The van der Waals surface area contributed by atoms with Gasteiger partial charge in [0.15, 0.2) is 6.61 Å². The highest BCUT2D eigenvalue weighted by atomic mass is 35.5. The molecule has 1 fully saturated rings. The summed E-state index contributed by atoms with van der Waals surface area (Å²) in [5.74, 6) is -2.06. The molecule has 35 heavy (non-hydrogen) atoms. The van der Waals surface area contributed by atoms with Gasteiger partial charge in [-0.15, -0.1) is 0 Å². The van der Waals surface area contributed by atoms with E-state index in [0.29, 0.717) is 22.0 Å². The molecule has 0 aliphatic carbocycles. The van der Waals surface area contributed by atoms with Crippen molar-refractivity contribution in [1.29, 1.82) is 0 Å². The summed E-state index contributed by atoms with van der Waals surface area (Å²) in [4.78, 5) is 50.3. The van der Waals surface area contributed by atoms with E-state index in [1.54, 1.807) is 24.3 Å². The van der Waals surface area contributed by atoms with Gasteiger partial charge in [0.05, 0.1) is 5.69 Å². The number of barbiturate groups is 1. The second kappa shape index (κ2) is 10.2. The van der Waals surface area contributed by atoms with E-state index in [9.17, 15) is 23.6 Å². The Hall–Kier alpha value is -4.50. The Labute approximate surface area is 203 Å². The highest BCUT2D eigenvalue weighted by Crippen LogP contribution is 2.24. The number of amides is 5.